The van der Waals surface area contributed by atoms with E-state index in [9.17, 15) is 4.79 Å². The van der Waals surface area contributed by atoms with E-state index in [0.29, 0.717) is 17.6 Å². The minimum Gasteiger partial charge on any atom is -0.362 e. The van der Waals surface area contributed by atoms with Crippen LogP contribution < -0.4 is 0 Å². The van der Waals surface area contributed by atoms with Crippen LogP contribution in [0.4, 0.5) is 0 Å². The number of fused-ring (bicyclic) bond motifs is 3. The van der Waals surface area contributed by atoms with E-state index in [4.69, 9.17) is 0 Å². The number of carbonyl (C=O) groups excluding carboxylic acids is 1. The molecule has 0 radical (unpaired) electrons. The quantitative estimate of drug-likeness (QED) is 0.667. The molecule has 1 heterocycles. The van der Waals surface area contributed by atoms with Gasteiger partial charge in [0.05, 0.1) is 0 Å². The Morgan fingerprint density at radius 3 is 2.79 bits per heavy atom. The molecule has 0 amide bonds. The number of hydrogen-bond donors (Lipinski definition) is 1. The summed E-state index contributed by atoms with van der Waals surface area (Å²) in [7, 11) is 0. The molecule has 1 fully saturated rings. The van der Waals surface area contributed by atoms with Crippen LogP contribution in [0.2, 0.25) is 0 Å². The largest absolute Gasteiger partial charge is 0.362 e. The van der Waals surface area contributed by atoms with Gasteiger partial charge in [0, 0.05) is 23.7 Å². The Hall–Kier alpha value is -1.05. The van der Waals surface area contributed by atoms with Gasteiger partial charge in [-0.2, -0.15) is 0 Å². The fraction of sp³-hybridized carbons (Fsp3) is 0.583. The Morgan fingerprint density at radius 2 is 2.00 bits per heavy atom. The lowest BCUT2D eigenvalue weighted by atomic mass is 9.95. The molecule has 2 unspecified atom stereocenters. The number of ketones is 1. The fourth-order valence-corrected chi connectivity index (χ4v) is 3.35. The molecule has 1 aromatic heterocycles. The minimum atomic E-state index is 0.326. The van der Waals surface area contributed by atoms with Crippen molar-refractivity contribution >= 4 is 5.78 Å². The van der Waals surface area contributed by atoms with Crippen molar-refractivity contribution in [3.05, 3.63) is 22.5 Å². The molecule has 3 rings (SSSR count). The van der Waals surface area contributed by atoms with Crippen molar-refractivity contribution in [3.63, 3.8) is 0 Å². The topological polar surface area (TPSA) is 32.9 Å². The Balaban J connectivity index is 2.14. The van der Waals surface area contributed by atoms with Gasteiger partial charge in [-0.1, -0.05) is 0 Å². The van der Waals surface area contributed by atoms with Crippen molar-refractivity contribution in [1.82, 2.24) is 4.98 Å². The second-order valence-corrected chi connectivity index (χ2v) is 4.69. The predicted molar refractivity (Wildman–Crippen MR) is 54.4 cm³/mol. The second-order valence-electron chi connectivity index (χ2n) is 4.69. The highest BCUT2D eigenvalue weighted by Crippen LogP contribution is 2.48. The van der Waals surface area contributed by atoms with Crippen LogP contribution in [-0.2, 0) is 11.2 Å². The van der Waals surface area contributed by atoms with E-state index in [2.05, 4.69) is 18.8 Å². The highest BCUT2D eigenvalue weighted by Gasteiger charge is 2.43. The van der Waals surface area contributed by atoms with Crippen LogP contribution in [0.3, 0.4) is 0 Å². The van der Waals surface area contributed by atoms with Crippen molar-refractivity contribution < 1.29 is 4.79 Å². The van der Waals surface area contributed by atoms with Gasteiger partial charge < -0.3 is 4.98 Å². The predicted octanol–water partition coefficient (Wildman–Crippen LogP) is 2.25. The molecule has 0 aliphatic heterocycles. The van der Waals surface area contributed by atoms with Crippen molar-refractivity contribution in [2.45, 2.75) is 39.0 Å². The Bertz CT molecular complexity index is 416. The summed E-state index contributed by atoms with van der Waals surface area (Å²) in [5, 5.41) is 0. The zero-order chi connectivity index (χ0) is 9.87. The van der Waals surface area contributed by atoms with Crippen molar-refractivity contribution in [2.75, 3.05) is 0 Å². The molecule has 1 aromatic rings. The lowest BCUT2D eigenvalue weighted by Crippen LogP contribution is -2.09. The number of Topliss-reactive ketones (excluding diaryl/α,β-unsaturated/α-hetero) is 1. The Kier molecular flexibility index (Phi) is 1.48. The summed E-state index contributed by atoms with van der Waals surface area (Å²) in [4.78, 5) is 15.0. The first-order chi connectivity index (χ1) is 6.68. The van der Waals surface area contributed by atoms with Gasteiger partial charge in [-0.15, -0.1) is 0 Å². The molecule has 0 spiro atoms. The third-order valence-electron chi connectivity index (χ3n) is 3.95. The maximum atomic E-state index is 11.6. The Morgan fingerprint density at radius 1 is 1.21 bits per heavy atom. The lowest BCUT2D eigenvalue weighted by molar-refractivity contribution is -0.120. The van der Waals surface area contributed by atoms with Crippen molar-refractivity contribution in [1.29, 1.82) is 0 Å². The number of aromatic nitrogens is 1. The molecule has 1 N–H and O–H groups in total. The molecule has 2 heteroatoms. The first-order valence-corrected chi connectivity index (χ1v) is 5.39. The summed E-state index contributed by atoms with van der Waals surface area (Å²) in [6, 6.07) is 0. The minimum absolute atomic E-state index is 0.326. The van der Waals surface area contributed by atoms with Gasteiger partial charge in [0.2, 0.25) is 0 Å². The smallest absolute Gasteiger partial charge is 0.136 e. The van der Waals surface area contributed by atoms with E-state index in [-0.39, 0.29) is 0 Å². The van der Waals surface area contributed by atoms with Gasteiger partial charge in [-0.25, -0.2) is 0 Å². The molecular formula is C12H15NO. The molecule has 1 saturated carbocycles. The Labute approximate surface area is 83.7 Å². The van der Waals surface area contributed by atoms with Crippen LogP contribution in [0.25, 0.3) is 0 Å². The van der Waals surface area contributed by atoms with Crippen molar-refractivity contribution in [2.24, 2.45) is 5.92 Å². The standard InChI is InChI=1S/C12H15NO/c1-6-9-5-10-8(3-4-11(10)14)12(9)7(2)13-6/h8,10,13H,3-5H2,1-2H3. The summed E-state index contributed by atoms with van der Waals surface area (Å²) in [6.07, 6.45) is 2.88. The molecule has 2 nitrogen and oxygen atoms in total. The average Bonchev–Trinajstić information content (AvgIpc) is 2.71. The van der Waals surface area contributed by atoms with E-state index in [1.165, 1.54) is 22.5 Å². The van der Waals surface area contributed by atoms with Gasteiger partial charge in [-0.05, 0) is 43.7 Å². The third kappa shape index (κ3) is 0.839. The molecule has 2 atom stereocenters. The maximum absolute atomic E-state index is 11.6. The molecule has 0 aromatic carbocycles. The summed E-state index contributed by atoms with van der Waals surface area (Å²) < 4.78 is 0. The number of hydrogen-bond acceptors (Lipinski definition) is 1. The SMILES string of the molecule is Cc1[nH]c(C)c2c1CC1C(=O)CCC21. The van der Waals surface area contributed by atoms with E-state index in [0.717, 1.165) is 19.3 Å². The zero-order valence-corrected chi connectivity index (χ0v) is 8.68. The van der Waals surface area contributed by atoms with Crippen molar-refractivity contribution in [3.8, 4) is 0 Å². The first-order valence-electron chi connectivity index (χ1n) is 5.39. The highest BCUT2D eigenvalue weighted by atomic mass is 16.1. The summed E-state index contributed by atoms with van der Waals surface area (Å²) >= 11 is 0. The van der Waals surface area contributed by atoms with Crippen LogP contribution in [0, 0.1) is 19.8 Å². The molecule has 0 saturated heterocycles. The third-order valence-corrected chi connectivity index (χ3v) is 3.95. The summed E-state index contributed by atoms with van der Waals surface area (Å²) in [6.45, 7) is 4.26. The molecule has 2 aliphatic carbocycles. The van der Waals surface area contributed by atoms with Crippen LogP contribution in [-0.4, -0.2) is 10.8 Å². The second kappa shape index (κ2) is 2.50. The molecule has 2 aliphatic rings. The fourth-order valence-electron chi connectivity index (χ4n) is 3.35. The monoisotopic (exact) mass is 189 g/mol. The summed E-state index contributed by atoms with van der Waals surface area (Å²) in [5.41, 5.74) is 5.48. The molecular weight excluding hydrogens is 174 g/mol. The van der Waals surface area contributed by atoms with Gasteiger partial charge in [0.15, 0.2) is 0 Å². The zero-order valence-electron chi connectivity index (χ0n) is 8.68. The van der Waals surface area contributed by atoms with E-state index in [1.54, 1.807) is 0 Å². The molecule has 0 bridgehead atoms. The van der Waals surface area contributed by atoms with E-state index >= 15 is 0 Å². The van der Waals surface area contributed by atoms with Gasteiger partial charge >= 0.3 is 0 Å². The molecule has 74 valence electrons. The van der Waals surface area contributed by atoms with Gasteiger partial charge in [0.1, 0.15) is 5.78 Å². The van der Waals surface area contributed by atoms with Crippen LogP contribution in [0.5, 0.6) is 0 Å². The number of aryl methyl sites for hydroxylation is 2. The van der Waals surface area contributed by atoms with Crippen LogP contribution in [0.15, 0.2) is 0 Å². The maximum Gasteiger partial charge on any atom is 0.136 e. The summed E-state index contributed by atoms with van der Waals surface area (Å²) in [5.74, 6) is 1.36. The van der Waals surface area contributed by atoms with E-state index in [1.807, 2.05) is 0 Å². The highest BCUT2D eigenvalue weighted by molar-refractivity contribution is 5.86. The lowest BCUT2D eigenvalue weighted by Gasteiger charge is -2.08. The number of nitrogens with one attached hydrogen (secondary N) is 1. The number of aromatic amines is 1. The number of H-pyrrole nitrogens is 1. The number of carbonyl (C=O) groups is 1. The number of rotatable bonds is 0. The van der Waals surface area contributed by atoms with Crippen LogP contribution in [0.1, 0.15) is 41.3 Å². The van der Waals surface area contributed by atoms with Crippen LogP contribution >= 0.6 is 0 Å². The van der Waals surface area contributed by atoms with E-state index < -0.39 is 0 Å². The van der Waals surface area contributed by atoms with Gasteiger partial charge in [-0.3, -0.25) is 4.79 Å². The first kappa shape index (κ1) is 8.27. The average molecular weight is 189 g/mol. The van der Waals surface area contributed by atoms with Gasteiger partial charge in [0.25, 0.3) is 0 Å². The normalized spacial score (nSPS) is 29.4. The molecule has 14 heavy (non-hydrogen) atoms.